The third-order valence-corrected chi connectivity index (χ3v) is 5.31. The first kappa shape index (κ1) is 19.4. The van der Waals surface area contributed by atoms with Crippen molar-refractivity contribution >= 4 is 37.4 Å². The Bertz CT molecular complexity index is 845. The van der Waals surface area contributed by atoms with Gasteiger partial charge >= 0.3 is 12.0 Å². The number of hydrogen-bond acceptors (Lipinski definition) is 5. The van der Waals surface area contributed by atoms with Crippen molar-refractivity contribution in [2.75, 3.05) is 12.1 Å². The molecular weight excluding hydrogens is 377 g/mol. The van der Waals surface area contributed by atoms with Crippen LogP contribution in [0.25, 0.3) is 0 Å². The van der Waals surface area contributed by atoms with E-state index in [0.29, 0.717) is 0 Å². The average Bonchev–Trinajstić information content (AvgIpc) is 2.69. The van der Waals surface area contributed by atoms with Crippen molar-refractivity contribution in [3.05, 3.63) is 23.5 Å². The van der Waals surface area contributed by atoms with Gasteiger partial charge in [0.25, 0.3) is 9.05 Å². The number of aryl methyl sites for hydroxylation is 1. The normalized spacial score (nSPS) is 19.2. The fourth-order valence-corrected chi connectivity index (χ4v) is 3.96. The van der Waals surface area contributed by atoms with Gasteiger partial charge in [-0.2, -0.15) is 5.01 Å². The molecule has 1 fully saturated rings. The Morgan fingerprint density at radius 1 is 1.36 bits per heavy atom. The van der Waals surface area contributed by atoms with E-state index < -0.39 is 44.8 Å². The summed E-state index contributed by atoms with van der Waals surface area (Å²) in [6.07, 6.45) is -1.36. The van der Waals surface area contributed by atoms with Crippen molar-refractivity contribution in [2.24, 2.45) is 0 Å². The molecule has 0 aromatic heterocycles. The molecule has 1 N–H and O–H groups in total. The molecule has 1 atom stereocenters. The fourth-order valence-electron chi connectivity index (χ4n) is 2.76. The molecule has 2 rings (SSSR count). The van der Waals surface area contributed by atoms with Crippen molar-refractivity contribution in [3.8, 4) is 0 Å². The molecule has 1 aliphatic rings. The highest BCUT2D eigenvalue weighted by Gasteiger charge is 2.49. The van der Waals surface area contributed by atoms with Gasteiger partial charge in [-0.25, -0.2) is 27.4 Å². The summed E-state index contributed by atoms with van der Waals surface area (Å²) >= 11 is 0. The first-order valence-electron chi connectivity index (χ1n) is 7.20. The Morgan fingerprint density at radius 3 is 2.32 bits per heavy atom. The molecule has 1 aliphatic heterocycles. The van der Waals surface area contributed by atoms with Crippen LogP contribution in [0.5, 0.6) is 0 Å². The highest BCUT2D eigenvalue weighted by Crippen LogP contribution is 2.34. The Hall–Kier alpha value is -1.91. The van der Waals surface area contributed by atoms with Gasteiger partial charge in [0.1, 0.15) is 5.82 Å². The summed E-state index contributed by atoms with van der Waals surface area (Å²) in [4.78, 5) is 24.9. The van der Waals surface area contributed by atoms with Crippen molar-refractivity contribution in [1.82, 2.24) is 9.91 Å². The lowest BCUT2D eigenvalue weighted by molar-refractivity contribution is -0.146. The quantitative estimate of drug-likeness (QED) is 0.785. The van der Waals surface area contributed by atoms with Crippen LogP contribution in [0.4, 0.5) is 14.9 Å². The highest BCUT2D eigenvalue weighted by atomic mass is 35.7. The number of likely N-dealkylation sites (N-methyl/N-ethyl adjacent to an activating group) is 1. The fraction of sp³-hybridized carbons (Fsp3) is 0.429. The second-order valence-electron chi connectivity index (χ2n) is 5.89. The van der Waals surface area contributed by atoms with Crippen LogP contribution in [-0.2, 0) is 13.8 Å². The Morgan fingerprint density at radius 2 is 1.92 bits per heavy atom. The molecule has 2 amide bonds. The molecule has 0 radical (unpaired) electrons. The minimum Gasteiger partial charge on any atom is -0.479 e. The van der Waals surface area contributed by atoms with E-state index in [-0.39, 0.29) is 10.5 Å². The average molecular weight is 394 g/mol. The third-order valence-electron chi connectivity index (χ3n) is 3.85. The minimum atomic E-state index is -4.18. The lowest BCUT2D eigenvalue weighted by Gasteiger charge is -2.26. The molecule has 1 aromatic carbocycles. The SMILES string of the molecule is Cc1cc(F)c(N2C(=O)N(C(C)C)C(C(=O)O)N2C)cc1S(=O)(=O)Cl. The number of benzene rings is 1. The summed E-state index contributed by atoms with van der Waals surface area (Å²) in [5, 5.41) is 11.2. The van der Waals surface area contributed by atoms with Crippen LogP contribution >= 0.6 is 10.7 Å². The van der Waals surface area contributed by atoms with Crippen molar-refractivity contribution in [2.45, 2.75) is 37.9 Å². The zero-order valence-electron chi connectivity index (χ0n) is 13.9. The van der Waals surface area contributed by atoms with Gasteiger partial charge in [-0.3, -0.25) is 4.90 Å². The number of hydrazine groups is 1. The maximum absolute atomic E-state index is 14.4. The summed E-state index contributed by atoms with van der Waals surface area (Å²) < 4.78 is 37.8. The second kappa shape index (κ2) is 6.43. The Kier molecular flexibility index (Phi) is 4.99. The largest absolute Gasteiger partial charge is 0.479 e. The number of aliphatic carboxylic acids is 1. The van der Waals surface area contributed by atoms with Crippen LogP contribution in [-0.4, -0.2) is 54.7 Å². The predicted molar refractivity (Wildman–Crippen MR) is 88.2 cm³/mol. The van der Waals surface area contributed by atoms with Crippen LogP contribution in [0.15, 0.2) is 17.0 Å². The van der Waals surface area contributed by atoms with Crippen LogP contribution in [0, 0.1) is 12.7 Å². The van der Waals surface area contributed by atoms with Gasteiger partial charge in [0.2, 0.25) is 6.17 Å². The number of hydrogen-bond donors (Lipinski definition) is 1. The molecule has 1 saturated heterocycles. The summed E-state index contributed by atoms with van der Waals surface area (Å²) in [5.41, 5.74) is -0.326. The van der Waals surface area contributed by atoms with E-state index in [1.54, 1.807) is 13.8 Å². The van der Waals surface area contributed by atoms with Crippen LogP contribution in [0.3, 0.4) is 0 Å². The van der Waals surface area contributed by atoms with Crippen LogP contribution in [0.1, 0.15) is 19.4 Å². The Labute approximate surface area is 148 Å². The number of rotatable bonds is 4. The molecule has 1 aromatic rings. The van der Waals surface area contributed by atoms with E-state index >= 15 is 0 Å². The first-order valence-corrected chi connectivity index (χ1v) is 9.51. The lowest BCUT2D eigenvalue weighted by atomic mass is 10.2. The number of urea groups is 1. The van der Waals surface area contributed by atoms with Gasteiger partial charge in [-0.1, -0.05) is 0 Å². The molecule has 0 bridgehead atoms. The minimum absolute atomic E-state index is 0.0704. The third kappa shape index (κ3) is 3.29. The molecule has 0 aliphatic carbocycles. The van der Waals surface area contributed by atoms with E-state index in [1.807, 2.05) is 0 Å². The van der Waals surface area contributed by atoms with E-state index in [0.717, 1.165) is 27.1 Å². The van der Waals surface area contributed by atoms with Gasteiger partial charge < -0.3 is 5.11 Å². The molecule has 0 spiro atoms. The number of carboxylic acids is 1. The van der Waals surface area contributed by atoms with Gasteiger partial charge in [0.05, 0.1) is 10.6 Å². The number of halogens is 2. The summed E-state index contributed by atoms with van der Waals surface area (Å²) in [6, 6.07) is 0.584. The molecule has 11 heteroatoms. The van der Waals surface area contributed by atoms with E-state index in [4.69, 9.17) is 10.7 Å². The standard InChI is InChI=1S/C14H17ClFN3O5S/c1-7(2)18-12(13(20)21)17(4)19(14(18)22)10-6-11(25(15,23)24)8(3)5-9(10)16/h5-7,12H,1-4H3,(H,20,21). The predicted octanol–water partition coefficient (Wildman–Crippen LogP) is 1.97. The van der Waals surface area contributed by atoms with Gasteiger partial charge in [0, 0.05) is 23.8 Å². The number of carbonyl (C=O) groups is 2. The monoisotopic (exact) mass is 393 g/mol. The zero-order valence-corrected chi connectivity index (χ0v) is 15.5. The van der Waals surface area contributed by atoms with Crippen molar-refractivity contribution in [1.29, 1.82) is 0 Å². The summed E-state index contributed by atoms with van der Waals surface area (Å²) in [6.45, 7) is 4.59. The van der Waals surface area contributed by atoms with E-state index in [9.17, 15) is 27.5 Å². The van der Waals surface area contributed by atoms with Crippen molar-refractivity contribution < 1.29 is 27.5 Å². The maximum atomic E-state index is 14.4. The molecule has 1 heterocycles. The van der Waals surface area contributed by atoms with E-state index in [1.165, 1.54) is 14.0 Å². The molecule has 0 saturated carbocycles. The number of nitrogens with zero attached hydrogens (tertiary/aromatic N) is 3. The Balaban J connectivity index is 2.66. The first-order chi connectivity index (χ1) is 11.4. The maximum Gasteiger partial charge on any atom is 0.343 e. The van der Waals surface area contributed by atoms with Crippen LogP contribution in [0.2, 0.25) is 0 Å². The highest BCUT2D eigenvalue weighted by molar-refractivity contribution is 8.13. The number of carboxylic acid groups (broad SMARTS) is 1. The van der Waals surface area contributed by atoms with E-state index in [2.05, 4.69) is 0 Å². The number of anilines is 1. The topological polar surface area (TPSA) is 98.2 Å². The lowest BCUT2D eigenvalue weighted by Crippen LogP contribution is -2.47. The van der Waals surface area contributed by atoms with Crippen LogP contribution < -0.4 is 5.01 Å². The molecule has 8 nitrogen and oxygen atoms in total. The molecule has 138 valence electrons. The molecule has 25 heavy (non-hydrogen) atoms. The zero-order chi connectivity index (χ0) is 19.3. The summed E-state index contributed by atoms with van der Waals surface area (Å²) in [5.74, 6) is -2.18. The van der Waals surface area contributed by atoms with Gasteiger partial charge in [0.15, 0.2) is 0 Å². The number of amides is 2. The van der Waals surface area contributed by atoms with Crippen molar-refractivity contribution in [3.63, 3.8) is 0 Å². The molecular formula is C14H17ClFN3O5S. The van der Waals surface area contributed by atoms with Gasteiger partial charge in [-0.15, -0.1) is 0 Å². The number of carbonyl (C=O) groups excluding carboxylic acids is 1. The van der Waals surface area contributed by atoms with Gasteiger partial charge in [-0.05, 0) is 38.5 Å². The smallest absolute Gasteiger partial charge is 0.343 e. The second-order valence-corrected chi connectivity index (χ2v) is 8.42. The summed E-state index contributed by atoms with van der Waals surface area (Å²) in [7, 11) is 2.48. The molecule has 1 unspecified atom stereocenters.